The van der Waals surface area contributed by atoms with Gasteiger partial charge in [0.2, 0.25) is 5.89 Å². The topological polar surface area (TPSA) is 44.5 Å². The molecule has 3 unspecified atom stereocenters. The van der Waals surface area contributed by atoms with E-state index in [2.05, 4.69) is 20.9 Å². The van der Waals surface area contributed by atoms with Gasteiger partial charge in [0.15, 0.2) is 11.7 Å². The number of nitrogens with zero attached hydrogens (tertiary/aromatic N) is 1. The van der Waals surface area contributed by atoms with Crippen molar-refractivity contribution in [3.63, 3.8) is 0 Å². The van der Waals surface area contributed by atoms with Gasteiger partial charge in [0.05, 0.1) is 16.7 Å². The summed E-state index contributed by atoms with van der Waals surface area (Å²) in [6, 6.07) is 15.7. The Morgan fingerprint density at radius 3 is 2.36 bits per heavy atom. The lowest BCUT2D eigenvalue weighted by molar-refractivity contribution is -0.0647. The first kappa shape index (κ1) is 16.8. The molecule has 6 rings (SSSR count). The lowest BCUT2D eigenvalue weighted by atomic mass is 10.1. The van der Waals surface area contributed by atoms with Gasteiger partial charge in [-0.25, -0.2) is 4.98 Å². The molecule has 4 nitrogen and oxygen atoms in total. The number of rotatable bonds is 3. The Labute approximate surface area is 155 Å². The summed E-state index contributed by atoms with van der Waals surface area (Å²) >= 11 is 3.46. The summed E-state index contributed by atoms with van der Waals surface area (Å²) in [7, 11) is 1.65. The summed E-state index contributed by atoms with van der Waals surface area (Å²) in [4.78, 5) is 4.50. The standard InChI is InChI=1S/C15H12BrNO2.C5H8O/c1-18-13(10-6-3-2-4-7-10)15-17-12-9-5-8-11(16)14(12)19-15;1-2-5-3-4(1)6-5/h2-9,13H,1H3;4-5H,1-3H2. The van der Waals surface area contributed by atoms with Crippen molar-refractivity contribution in [3.8, 4) is 0 Å². The fourth-order valence-corrected chi connectivity index (χ4v) is 3.79. The molecule has 2 aliphatic heterocycles. The number of ether oxygens (including phenoxy) is 2. The second kappa shape index (κ2) is 7.28. The lowest BCUT2D eigenvalue weighted by Gasteiger charge is -2.23. The van der Waals surface area contributed by atoms with Gasteiger partial charge in [0.25, 0.3) is 0 Å². The molecule has 3 atom stereocenters. The normalized spacial score (nSPS) is 22.2. The van der Waals surface area contributed by atoms with Crippen LogP contribution in [0.5, 0.6) is 0 Å². The molecule has 130 valence electrons. The Morgan fingerprint density at radius 2 is 1.80 bits per heavy atom. The minimum absolute atomic E-state index is 0.291. The summed E-state index contributed by atoms with van der Waals surface area (Å²) in [5.41, 5.74) is 2.59. The van der Waals surface area contributed by atoms with Gasteiger partial charge >= 0.3 is 0 Å². The summed E-state index contributed by atoms with van der Waals surface area (Å²) in [5, 5.41) is 0. The predicted molar refractivity (Wildman–Crippen MR) is 99.5 cm³/mol. The first-order chi connectivity index (χ1) is 12.2. The molecule has 3 aliphatic rings. The van der Waals surface area contributed by atoms with E-state index in [9.17, 15) is 0 Å². The van der Waals surface area contributed by atoms with Crippen LogP contribution in [-0.4, -0.2) is 24.3 Å². The van der Waals surface area contributed by atoms with Gasteiger partial charge in [-0.15, -0.1) is 0 Å². The maximum atomic E-state index is 5.82. The van der Waals surface area contributed by atoms with E-state index in [4.69, 9.17) is 13.9 Å². The fourth-order valence-electron chi connectivity index (χ4n) is 3.35. The van der Waals surface area contributed by atoms with Crippen LogP contribution in [0.4, 0.5) is 0 Å². The van der Waals surface area contributed by atoms with Crippen LogP contribution in [0, 0.1) is 0 Å². The van der Waals surface area contributed by atoms with Crippen molar-refractivity contribution >= 4 is 27.0 Å². The first-order valence-corrected chi connectivity index (χ1v) is 9.32. The Morgan fingerprint density at radius 1 is 1.08 bits per heavy atom. The number of aromatic nitrogens is 1. The molecule has 3 heterocycles. The Bertz CT molecular complexity index is 829. The number of oxazole rings is 1. The molecule has 25 heavy (non-hydrogen) atoms. The van der Waals surface area contributed by atoms with Gasteiger partial charge in [-0.05, 0) is 52.9 Å². The molecular weight excluding hydrogens is 382 g/mol. The zero-order chi connectivity index (χ0) is 17.2. The SMILES string of the molecule is C1CC2CC1O2.COC(c1ccccc1)c1nc2cccc(Br)c2o1. The Balaban J connectivity index is 0.000000217. The van der Waals surface area contributed by atoms with Gasteiger partial charge in [0, 0.05) is 7.11 Å². The van der Waals surface area contributed by atoms with Crippen molar-refractivity contribution in [2.75, 3.05) is 7.11 Å². The Hall–Kier alpha value is -1.69. The molecule has 3 aromatic rings. The summed E-state index contributed by atoms with van der Waals surface area (Å²) in [5.74, 6) is 0.565. The van der Waals surface area contributed by atoms with Crippen molar-refractivity contribution in [2.24, 2.45) is 0 Å². The molecule has 2 bridgehead atoms. The van der Waals surface area contributed by atoms with Crippen LogP contribution in [0.1, 0.15) is 36.8 Å². The molecule has 1 aromatic heterocycles. The van der Waals surface area contributed by atoms with Crippen LogP contribution in [0.25, 0.3) is 11.1 Å². The third-order valence-corrected chi connectivity index (χ3v) is 5.29. The van der Waals surface area contributed by atoms with Gasteiger partial charge in [-0.1, -0.05) is 36.4 Å². The van der Waals surface area contributed by atoms with Gasteiger partial charge in [-0.2, -0.15) is 0 Å². The lowest BCUT2D eigenvalue weighted by Crippen LogP contribution is -2.25. The molecule has 1 aliphatic carbocycles. The van der Waals surface area contributed by atoms with Crippen LogP contribution < -0.4 is 0 Å². The number of benzene rings is 2. The predicted octanol–water partition coefficient (Wildman–Crippen LogP) is 5.26. The average Bonchev–Trinajstić information content (AvgIpc) is 3.33. The number of fused-ring (bicyclic) bond motifs is 2. The van der Waals surface area contributed by atoms with E-state index in [1.165, 1.54) is 19.3 Å². The molecule has 2 aromatic carbocycles. The van der Waals surface area contributed by atoms with E-state index < -0.39 is 0 Å². The highest BCUT2D eigenvalue weighted by atomic mass is 79.9. The van der Waals surface area contributed by atoms with E-state index in [1.54, 1.807) is 7.11 Å². The third-order valence-electron chi connectivity index (χ3n) is 4.67. The van der Waals surface area contributed by atoms with Crippen LogP contribution in [0.2, 0.25) is 0 Å². The maximum Gasteiger partial charge on any atom is 0.229 e. The maximum absolute atomic E-state index is 5.82. The van der Waals surface area contributed by atoms with Crippen LogP contribution in [0.15, 0.2) is 57.4 Å². The average molecular weight is 402 g/mol. The molecule has 0 N–H and O–H groups in total. The number of halogens is 1. The smallest absolute Gasteiger partial charge is 0.229 e. The van der Waals surface area contributed by atoms with E-state index >= 15 is 0 Å². The highest BCUT2D eigenvalue weighted by Gasteiger charge is 2.36. The molecule has 3 fully saturated rings. The highest BCUT2D eigenvalue weighted by Crippen LogP contribution is 2.36. The molecule has 0 spiro atoms. The number of hydrogen-bond donors (Lipinski definition) is 0. The second-order valence-electron chi connectivity index (χ2n) is 6.36. The van der Waals surface area contributed by atoms with Gasteiger partial charge in [0.1, 0.15) is 5.52 Å². The Kier molecular flexibility index (Phi) is 4.88. The van der Waals surface area contributed by atoms with Crippen molar-refractivity contribution in [1.29, 1.82) is 0 Å². The van der Waals surface area contributed by atoms with Crippen molar-refractivity contribution in [2.45, 2.75) is 37.6 Å². The van der Waals surface area contributed by atoms with Crippen LogP contribution in [-0.2, 0) is 9.47 Å². The molecule has 0 amide bonds. The summed E-state index contributed by atoms with van der Waals surface area (Å²) in [6.07, 6.45) is 5.13. The molecule has 1 saturated carbocycles. The highest BCUT2D eigenvalue weighted by molar-refractivity contribution is 9.10. The van der Waals surface area contributed by atoms with Crippen molar-refractivity contribution < 1.29 is 13.9 Å². The third kappa shape index (κ3) is 3.50. The fraction of sp³-hybridized carbons (Fsp3) is 0.350. The first-order valence-electron chi connectivity index (χ1n) is 8.52. The summed E-state index contributed by atoms with van der Waals surface area (Å²) < 4.78 is 17.5. The van der Waals surface area contributed by atoms with E-state index in [-0.39, 0.29) is 6.10 Å². The minimum atomic E-state index is -0.291. The quantitative estimate of drug-likeness (QED) is 0.599. The molecule has 5 heteroatoms. The number of para-hydroxylation sites is 1. The molecule has 2 saturated heterocycles. The zero-order valence-corrected chi connectivity index (χ0v) is 15.6. The number of methoxy groups -OCH3 is 1. The van der Waals surface area contributed by atoms with Gasteiger partial charge < -0.3 is 13.9 Å². The van der Waals surface area contributed by atoms with Gasteiger partial charge in [-0.3, -0.25) is 0 Å². The summed E-state index contributed by atoms with van der Waals surface area (Å²) in [6.45, 7) is 0. The van der Waals surface area contributed by atoms with Crippen LogP contribution >= 0.6 is 15.9 Å². The zero-order valence-electron chi connectivity index (χ0n) is 14.0. The van der Waals surface area contributed by atoms with Crippen molar-refractivity contribution in [3.05, 3.63) is 64.5 Å². The van der Waals surface area contributed by atoms with E-state index in [1.807, 2.05) is 48.5 Å². The minimum Gasteiger partial charge on any atom is -0.436 e. The molecule has 0 radical (unpaired) electrons. The van der Waals surface area contributed by atoms with Crippen LogP contribution in [0.3, 0.4) is 0 Å². The monoisotopic (exact) mass is 401 g/mol. The van der Waals surface area contributed by atoms with E-state index in [0.717, 1.165) is 21.1 Å². The molecular formula is C20H20BrNO3. The van der Waals surface area contributed by atoms with Crippen molar-refractivity contribution in [1.82, 2.24) is 4.98 Å². The second-order valence-corrected chi connectivity index (χ2v) is 7.21. The van der Waals surface area contributed by atoms with E-state index in [0.29, 0.717) is 18.1 Å². The number of hydrogen-bond acceptors (Lipinski definition) is 4. The largest absolute Gasteiger partial charge is 0.436 e.